The number of rotatable bonds is 15. The van der Waals surface area contributed by atoms with Crippen LogP contribution >= 0.6 is 11.6 Å². The van der Waals surface area contributed by atoms with Gasteiger partial charge in [0.15, 0.2) is 0 Å². The van der Waals surface area contributed by atoms with Gasteiger partial charge in [-0.2, -0.15) is 0 Å². The lowest BCUT2D eigenvalue weighted by Crippen LogP contribution is -2.50. The number of para-hydroxylation sites is 1. The molecule has 0 aliphatic heterocycles. The summed E-state index contributed by atoms with van der Waals surface area (Å²) in [5, 5.41) is 3.53. The molecule has 2 amide bonds. The zero-order valence-corrected chi connectivity index (χ0v) is 25.0. The van der Waals surface area contributed by atoms with Crippen molar-refractivity contribution >= 4 is 39.1 Å². The van der Waals surface area contributed by atoms with Crippen LogP contribution in [0.1, 0.15) is 43.7 Å². The van der Waals surface area contributed by atoms with Gasteiger partial charge in [-0.3, -0.25) is 13.9 Å². The molecule has 0 aromatic heterocycles. The lowest BCUT2D eigenvalue weighted by atomic mass is 10.0. The third kappa shape index (κ3) is 9.86. The molecule has 3 rings (SSSR count). The molecule has 1 atom stereocenters. The van der Waals surface area contributed by atoms with Crippen molar-refractivity contribution in [1.29, 1.82) is 0 Å². The molecule has 0 radical (unpaired) electrons. The van der Waals surface area contributed by atoms with Crippen LogP contribution in [0.25, 0.3) is 0 Å². The van der Waals surface area contributed by atoms with E-state index in [1.165, 1.54) is 18.2 Å². The molecule has 0 unspecified atom stereocenters. The number of hydrogen-bond donors (Lipinski definition) is 1. The first kappa shape index (κ1) is 32.1. The van der Waals surface area contributed by atoms with Crippen molar-refractivity contribution in [3.63, 3.8) is 0 Å². The number of unbranched alkanes of at least 4 members (excludes halogenated alkanes) is 1. The summed E-state index contributed by atoms with van der Waals surface area (Å²) in [6.07, 6.45) is 3.13. The Hall–Kier alpha value is -3.43. The van der Waals surface area contributed by atoms with Crippen LogP contribution in [-0.2, 0) is 32.6 Å². The van der Waals surface area contributed by atoms with Crippen molar-refractivity contribution in [2.24, 2.45) is 0 Å². The summed E-state index contributed by atoms with van der Waals surface area (Å²) >= 11 is 6.07. The average Bonchev–Trinajstić information content (AvgIpc) is 2.94. The average molecular weight is 602 g/mol. The Morgan fingerprint density at radius 1 is 0.927 bits per heavy atom. The summed E-state index contributed by atoms with van der Waals surface area (Å²) in [6.45, 7) is 2.60. The first-order valence-corrected chi connectivity index (χ1v) is 15.9. The molecule has 41 heavy (non-hydrogen) atoms. The van der Waals surface area contributed by atoms with Crippen molar-refractivity contribution in [2.75, 3.05) is 23.7 Å². The Morgan fingerprint density at radius 2 is 1.59 bits per heavy atom. The van der Waals surface area contributed by atoms with E-state index in [0.29, 0.717) is 18.0 Å². The van der Waals surface area contributed by atoms with Crippen LogP contribution in [0.4, 0.5) is 10.1 Å². The molecular weight excluding hydrogens is 565 g/mol. The van der Waals surface area contributed by atoms with Gasteiger partial charge in [-0.25, -0.2) is 12.8 Å². The number of benzene rings is 3. The van der Waals surface area contributed by atoms with Crippen molar-refractivity contribution in [3.05, 3.63) is 101 Å². The highest BCUT2D eigenvalue weighted by molar-refractivity contribution is 7.92. The predicted octanol–water partition coefficient (Wildman–Crippen LogP) is 5.58. The molecule has 7 nitrogen and oxygen atoms in total. The minimum absolute atomic E-state index is 0.0401. The first-order chi connectivity index (χ1) is 19.6. The number of nitrogens with zero attached hydrogens (tertiary/aromatic N) is 2. The fourth-order valence-electron chi connectivity index (χ4n) is 4.48. The van der Waals surface area contributed by atoms with Crippen LogP contribution in [0.15, 0.2) is 78.9 Å². The van der Waals surface area contributed by atoms with Gasteiger partial charge in [0.05, 0.1) is 11.9 Å². The zero-order chi connectivity index (χ0) is 29.8. The summed E-state index contributed by atoms with van der Waals surface area (Å²) in [5.74, 6) is -1.23. The number of anilines is 1. The predicted molar refractivity (Wildman–Crippen MR) is 162 cm³/mol. The number of sulfonamides is 1. The van der Waals surface area contributed by atoms with Gasteiger partial charge in [0.1, 0.15) is 11.9 Å². The van der Waals surface area contributed by atoms with Crippen LogP contribution < -0.4 is 9.62 Å². The largest absolute Gasteiger partial charge is 0.354 e. The third-order valence-electron chi connectivity index (χ3n) is 6.64. The van der Waals surface area contributed by atoms with Crippen LogP contribution in [0.3, 0.4) is 0 Å². The minimum Gasteiger partial charge on any atom is -0.354 e. The topological polar surface area (TPSA) is 86.8 Å². The van der Waals surface area contributed by atoms with Gasteiger partial charge in [0.2, 0.25) is 21.8 Å². The van der Waals surface area contributed by atoms with Gasteiger partial charge < -0.3 is 10.2 Å². The van der Waals surface area contributed by atoms with Crippen LogP contribution in [0.5, 0.6) is 0 Å². The van der Waals surface area contributed by atoms with Gasteiger partial charge >= 0.3 is 0 Å². The van der Waals surface area contributed by atoms with E-state index < -0.39 is 21.9 Å². The number of amides is 2. The number of nitrogens with one attached hydrogen (secondary N) is 1. The molecule has 10 heteroatoms. The number of halogens is 2. The molecule has 3 aromatic rings. The van der Waals surface area contributed by atoms with E-state index in [9.17, 15) is 22.4 Å². The molecule has 0 bridgehead atoms. The number of carbonyl (C=O) groups excluding carboxylic acids is 2. The molecule has 0 fully saturated rings. The molecule has 0 aliphatic carbocycles. The Labute approximate surface area is 247 Å². The third-order valence-corrected chi connectivity index (χ3v) is 8.07. The summed E-state index contributed by atoms with van der Waals surface area (Å²) < 4.78 is 40.4. The quantitative estimate of drug-likeness (QED) is 0.230. The normalized spacial score (nSPS) is 12.0. The molecule has 0 saturated heterocycles. The molecule has 220 valence electrons. The van der Waals surface area contributed by atoms with Crippen LogP contribution in [0.2, 0.25) is 5.02 Å². The second kappa shape index (κ2) is 15.5. The van der Waals surface area contributed by atoms with Gasteiger partial charge in [-0.1, -0.05) is 79.5 Å². The van der Waals surface area contributed by atoms with Crippen molar-refractivity contribution in [1.82, 2.24) is 10.2 Å². The van der Waals surface area contributed by atoms with Crippen LogP contribution in [-0.4, -0.2) is 50.5 Å². The Kier molecular flexibility index (Phi) is 12.2. The van der Waals surface area contributed by atoms with Crippen LogP contribution in [0, 0.1) is 5.82 Å². The fraction of sp³-hybridized carbons (Fsp3) is 0.355. The number of hydrogen-bond acceptors (Lipinski definition) is 4. The summed E-state index contributed by atoms with van der Waals surface area (Å²) in [6, 6.07) is 21.4. The van der Waals surface area contributed by atoms with Gasteiger partial charge in [-0.05, 0) is 48.2 Å². The van der Waals surface area contributed by atoms with E-state index in [1.807, 2.05) is 37.3 Å². The van der Waals surface area contributed by atoms with E-state index in [0.717, 1.165) is 34.5 Å². The first-order valence-electron chi connectivity index (χ1n) is 13.7. The maximum atomic E-state index is 14.4. The summed E-state index contributed by atoms with van der Waals surface area (Å²) in [7, 11) is -3.80. The standard InChI is InChI=1S/C31H37ClFN3O4S/c1-3-4-20-34-31(38)29(22-24-11-6-5-7-12-24)35(23-25-16-18-26(32)19-17-25)30(37)15-10-21-36(41(2,39)40)28-14-9-8-13-27(28)33/h5-9,11-14,16-19,29H,3-4,10,15,20-23H2,1-2H3,(H,34,38)/t29-/m1/s1. The second-order valence-corrected chi connectivity index (χ2v) is 12.2. The second-order valence-electron chi connectivity index (χ2n) is 9.89. The summed E-state index contributed by atoms with van der Waals surface area (Å²) in [5.41, 5.74) is 1.63. The molecule has 0 saturated carbocycles. The van der Waals surface area contributed by atoms with E-state index >= 15 is 0 Å². The number of carbonyl (C=O) groups is 2. The highest BCUT2D eigenvalue weighted by atomic mass is 35.5. The minimum atomic E-state index is -3.80. The molecule has 3 aromatic carbocycles. The molecule has 0 heterocycles. The van der Waals surface area contributed by atoms with Gasteiger partial charge in [0.25, 0.3) is 0 Å². The van der Waals surface area contributed by atoms with Crippen molar-refractivity contribution in [2.45, 2.75) is 51.6 Å². The molecular formula is C31H37ClFN3O4S. The molecule has 0 spiro atoms. The van der Waals surface area contributed by atoms with Gasteiger partial charge in [-0.15, -0.1) is 0 Å². The fourth-order valence-corrected chi connectivity index (χ4v) is 5.58. The lowest BCUT2D eigenvalue weighted by Gasteiger charge is -2.32. The Balaban J connectivity index is 1.87. The van der Waals surface area contributed by atoms with E-state index in [2.05, 4.69) is 5.32 Å². The van der Waals surface area contributed by atoms with E-state index in [4.69, 9.17) is 11.6 Å². The van der Waals surface area contributed by atoms with Crippen molar-refractivity contribution < 1.29 is 22.4 Å². The van der Waals surface area contributed by atoms with E-state index in [-0.39, 0.29) is 43.4 Å². The molecule has 0 aliphatic rings. The monoisotopic (exact) mass is 601 g/mol. The highest BCUT2D eigenvalue weighted by Gasteiger charge is 2.30. The Morgan fingerprint density at radius 3 is 2.22 bits per heavy atom. The smallest absolute Gasteiger partial charge is 0.243 e. The highest BCUT2D eigenvalue weighted by Crippen LogP contribution is 2.23. The lowest BCUT2D eigenvalue weighted by molar-refractivity contribution is -0.141. The van der Waals surface area contributed by atoms with Gasteiger partial charge in [0, 0.05) is 37.5 Å². The Bertz CT molecular complexity index is 1390. The maximum Gasteiger partial charge on any atom is 0.243 e. The maximum absolute atomic E-state index is 14.4. The van der Waals surface area contributed by atoms with E-state index in [1.54, 1.807) is 35.2 Å². The van der Waals surface area contributed by atoms with Crippen molar-refractivity contribution in [3.8, 4) is 0 Å². The molecule has 1 N–H and O–H groups in total. The zero-order valence-electron chi connectivity index (χ0n) is 23.4. The summed E-state index contributed by atoms with van der Waals surface area (Å²) in [4.78, 5) is 28.8. The SMILES string of the molecule is CCCCNC(=O)[C@@H](Cc1ccccc1)N(Cc1ccc(Cl)cc1)C(=O)CCCN(c1ccccc1F)S(C)(=O)=O.